The molecule has 2 aromatic heterocycles. The molecule has 0 saturated heterocycles. The number of sulfonamides is 1. The number of ether oxygens (including phenoxy) is 1. The number of anilines is 1. The lowest BCUT2D eigenvalue weighted by atomic mass is 10.1. The van der Waals surface area contributed by atoms with Gasteiger partial charge in [0.05, 0.1) is 17.7 Å². The smallest absolute Gasteiger partial charge is 0.261 e. The lowest BCUT2D eigenvalue weighted by Crippen LogP contribution is -2.13. The van der Waals surface area contributed by atoms with Gasteiger partial charge < -0.3 is 4.74 Å². The Labute approximate surface area is 169 Å². The van der Waals surface area contributed by atoms with Gasteiger partial charge in [0.15, 0.2) is 0 Å². The minimum atomic E-state index is -3.74. The van der Waals surface area contributed by atoms with Crippen molar-refractivity contribution in [2.24, 2.45) is 0 Å². The number of hydrogen-bond donors (Lipinski definition) is 1. The van der Waals surface area contributed by atoms with E-state index in [0.717, 1.165) is 22.5 Å². The largest absolute Gasteiger partial charge is 0.496 e. The molecule has 0 fully saturated rings. The Kier molecular flexibility index (Phi) is 4.71. The molecule has 0 radical (unpaired) electrons. The summed E-state index contributed by atoms with van der Waals surface area (Å²) in [5.41, 5.74) is 3.69. The van der Waals surface area contributed by atoms with Crippen molar-refractivity contribution < 1.29 is 13.2 Å². The number of rotatable bonds is 5. The van der Waals surface area contributed by atoms with Crippen LogP contribution < -0.4 is 9.46 Å². The van der Waals surface area contributed by atoms with Crippen LogP contribution in [0.4, 0.5) is 5.69 Å². The van der Waals surface area contributed by atoms with Crippen molar-refractivity contribution >= 4 is 21.5 Å². The van der Waals surface area contributed by atoms with E-state index in [0.29, 0.717) is 17.2 Å². The molecule has 0 spiro atoms. The highest BCUT2D eigenvalue weighted by Gasteiger charge is 2.17. The number of aromatic nitrogens is 3. The zero-order chi connectivity index (χ0) is 20.6. The average molecular weight is 408 g/mol. The van der Waals surface area contributed by atoms with Crippen molar-refractivity contribution in [1.82, 2.24) is 14.4 Å². The third kappa shape index (κ3) is 3.54. The van der Waals surface area contributed by atoms with Gasteiger partial charge in [-0.2, -0.15) is 0 Å². The zero-order valence-corrected chi connectivity index (χ0v) is 17.1. The Hall–Kier alpha value is -3.39. The minimum absolute atomic E-state index is 0.175. The second-order valence-corrected chi connectivity index (χ2v) is 8.34. The fourth-order valence-electron chi connectivity index (χ4n) is 3.24. The van der Waals surface area contributed by atoms with E-state index < -0.39 is 10.0 Å². The number of fused-ring (bicyclic) bond motifs is 1. The van der Waals surface area contributed by atoms with Gasteiger partial charge in [-0.05, 0) is 55.8 Å². The summed E-state index contributed by atoms with van der Waals surface area (Å²) in [7, 11) is -2.19. The number of aryl methyl sites for hydroxylation is 2. The SMILES string of the molecule is COc1ccc(S(=O)(=O)Nc2cccc(-c3nc4ncccn4c3C)c2)cc1C. The first-order valence-electron chi connectivity index (χ1n) is 8.96. The fraction of sp³-hybridized carbons (Fsp3) is 0.143. The molecule has 0 saturated carbocycles. The highest BCUT2D eigenvalue weighted by Crippen LogP contribution is 2.27. The van der Waals surface area contributed by atoms with E-state index in [9.17, 15) is 8.42 Å². The molecular formula is C21H20N4O3S. The van der Waals surface area contributed by atoms with Gasteiger partial charge in [-0.25, -0.2) is 18.4 Å². The van der Waals surface area contributed by atoms with Crippen LogP contribution in [-0.4, -0.2) is 29.9 Å². The number of nitrogens with one attached hydrogen (secondary N) is 1. The van der Waals surface area contributed by atoms with Gasteiger partial charge in [0.1, 0.15) is 5.75 Å². The Morgan fingerprint density at radius 2 is 1.90 bits per heavy atom. The first-order valence-corrected chi connectivity index (χ1v) is 10.4. The molecule has 0 bridgehead atoms. The molecule has 0 aliphatic rings. The predicted octanol–water partition coefficient (Wildman–Crippen LogP) is 3.82. The Bertz CT molecular complexity index is 1310. The molecule has 4 aromatic rings. The number of imidazole rings is 1. The normalized spacial score (nSPS) is 11.6. The zero-order valence-electron chi connectivity index (χ0n) is 16.2. The summed E-state index contributed by atoms with van der Waals surface area (Å²) in [4.78, 5) is 9.01. The molecule has 2 heterocycles. The Morgan fingerprint density at radius 1 is 1.07 bits per heavy atom. The van der Waals surface area contributed by atoms with E-state index in [4.69, 9.17) is 4.74 Å². The van der Waals surface area contributed by atoms with Crippen LogP contribution in [0.3, 0.4) is 0 Å². The van der Waals surface area contributed by atoms with E-state index >= 15 is 0 Å². The van der Waals surface area contributed by atoms with Gasteiger partial charge in [0, 0.05) is 29.3 Å². The molecule has 8 heteroatoms. The summed E-state index contributed by atoms with van der Waals surface area (Å²) < 4.78 is 35.4. The Balaban J connectivity index is 1.68. The van der Waals surface area contributed by atoms with Crippen molar-refractivity contribution in [2.45, 2.75) is 18.7 Å². The maximum absolute atomic E-state index is 12.8. The number of benzene rings is 2. The van der Waals surface area contributed by atoms with Crippen LogP contribution >= 0.6 is 0 Å². The lowest BCUT2D eigenvalue weighted by Gasteiger charge is -2.11. The van der Waals surface area contributed by atoms with Crippen molar-refractivity contribution in [3.05, 3.63) is 72.2 Å². The molecule has 0 atom stereocenters. The molecule has 148 valence electrons. The van der Waals surface area contributed by atoms with Gasteiger partial charge in [-0.1, -0.05) is 12.1 Å². The quantitative estimate of drug-likeness (QED) is 0.543. The van der Waals surface area contributed by atoms with Gasteiger partial charge in [-0.3, -0.25) is 9.12 Å². The van der Waals surface area contributed by atoms with Crippen molar-refractivity contribution in [3.63, 3.8) is 0 Å². The van der Waals surface area contributed by atoms with Crippen LogP contribution in [0.25, 0.3) is 17.0 Å². The van der Waals surface area contributed by atoms with Crippen LogP contribution in [0.15, 0.2) is 65.8 Å². The van der Waals surface area contributed by atoms with Crippen molar-refractivity contribution in [1.29, 1.82) is 0 Å². The monoisotopic (exact) mass is 408 g/mol. The van der Waals surface area contributed by atoms with E-state index in [-0.39, 0.29) is 4.90 Å². The minimum Gasteiger partial charge on any atom is -0.496 e. The molecule has 1 N–H and O–H groups in total. The standard InChI is InChI=1S/C21H20N4O3S/c1-14-12-18(8-9-19(14)28-3)29(26,27)24-17-7-4-6-16(13-17)20-15(2)25-11-5-10-22-21(25)23-20/h4-13,24H,1-3H3. The summed E-state index contributed by atoms with van der Waals surface area (Å²) >= 11 is 0. The van der Waals surface area contributed by atoms with Gasteiger partial charge in [0.25, 0.3) is 10.0 Å². The topological polar surface area (TPSA) is 85.6 Å². The lowest BCUT2D eigenvalue weighted by molar-refractivity contribution is 0.411. The number of methoxy groups -OCH3 is 1. The van der Waals surface area contributed by atoms with Gasteiger partial charge in [-0.15, -0.1) is 0 Å². The van der Waals surface area contributed by atoms with Gasteiger partial charge >= 0.3 is 0 Å². The molecule has 0 aliphatic heterocycles. The van der Waals surface area contributed by atoms with E-state index in [2.05, 4.69) is 14.7 Å². The van der Waals surface area contributed by atoms with E-state index in [1.165, 1.54) is 6.07 Å². The van der Waals surface area contributed by atoms with Crippen LogP contribution in [-0.2, 0) is 10.0 Å². The van der Waals surface area contributed by atoms with Crippen molar-refractivity contribution in [2.75, 3.05) is 11.8 Å². The second kappa shape index (κ2) is 7.21. The van der Waals surface area contributed by atoms with E-state index in [1.807, 2.05) is 29.7 Å². The third-order valence-electron chi connectivity index (χ3n) is 4.71. The first-order chi connectivity index (χ1) is 13.9. The van der Waals surface area contributed by atoms with Crippen LogP contribution in [0.2, 0.25) is 0 Å². The summed E-state index contributed by atoms with van der Waals surface area (Å²) in [6, 6.07) is 13.8. The molecule has 4 rings (SSSR count). The molecule has 0 unspecified atom stereocenters. The molecule has 29 heavy (non-hydrogen) atoms. The van der Waals surface area contributed by atoms with Crippen molar-refractivity contribution in [3.8, 4) is 17.0 Å². The Morgan fingerprint density at radius 3 is 2.62 bits per heavy atom. The number of hydrogen-bond acceptors (Lipinski definition) is 5. The molecule has 0 aliphatic carbocycles. The predicted molar refractivity (Wildman–Crippen MR) is 112 cm³/mol. The maximum atomic E-state index is 12.8. The maximum Gasteiger partial charge on any atom is 0.261 e. The first kappa shape index (κ1) is 18.9. The summed E-state index contributed by atoms with van der Waals surface area (Å²) in [5.74, 6) is 1.24. The van der Waals surface area contributed by atoms with Crippen LogP contribution in [0.1, 0.15) is 11.3 Å². The molecule has 7 nitrogen and oxygen atoms in total. The highest BCUT2D eigenvalue weighted by atomic mass is 32.2. The third-order valence-corrected chi connectivity index (χ3v) is 6.09. The summed E-state index contributed by atoms with van der Waals surface area (Å²) in [5, 5.41) is 0. The van der Waals surface area contributed by atoms with Crippen LogP contribution in [0, 0.1) is 13.8 Å². The van der Waals surface area contributed by atoms with E-state index in [1.54, 1.807) is 50.6 Å². The van der Waals surface area contributed by atoms with Gasteiger partial charge in [0.2, 0.25) is 5.78 Å². The van der Waals surface area contributed by atoms with Crippen LogP contribution in [0.5, 0.6) is 5.75 Å². The molecule has 2 aromatic carbocycles. The average Bonchev–Trinajstić information content (AvgIpc) is 3.05. The number of nitrogens with zero attached hydrogens (tertiary/aromatic N) is 3. The summed E-state index contributed by atoms with van der Waals surface area (Å²) in [6.45, 7) is 3.76. The molecule has 0 amide bonds. The highest BCUT2D eigenvalue weighted by molar-refractivity contribution is 7.92. The fourth-order valence-corrected chi connectivity index (χ4v) is 4.37. The second-order valence-electron chi connectivity index (χ2n) is 6.65. The molecular weight excluding hydrogens is 388 g/mol. The summed E-state index contributed by atoms with van der Waals surface area (Å²) in [6.07, 6.45) is 3.58.